The Bertz CT molecular complexity index is 404. The maximum absolute atomic E-state index is 10.6. The van der Waals surface area contributed by atoms with Crippen LogP contribution in [-0.2, 0) is 4.79 Å². The third-order valence-electron chi connectivity index (χ3n) is 1.50. The van der Waals surface area contributed by atoms with Gasteiger partial charge < -0.3 is 10.3 Å². The molecule has 0 fully saturated rings. The largest absolute Gasteiger partial charge is 0.476 e. The normalized spacial score (nSPS) is 11.4. The molecule has 74 valence electrons. The molecule has 0 spiro atoms. The van der Waals surface area contributed by atoms with Crippen LogP contribution in [0.25, 0.3) is 0 Å². The van der Waals surface area contributed by atoms with Gasteiger partial charge in [0.05, 0.1) is 10.0 Å². The molecule has 1 aromatic carbocycles. The number of hydrogen-bond acceptors (Lipinski definition) is 3. The fourth-order valence-corrected chi connectivity index (χ4v) is 1.17. The minimum Gasteiger partial charge on any atom is -0.476 e. The van der Waals surface area contributed by atoms with Gasteiger partial charge in [0.1, 0.15) is 0 Å². The molecule has 0 atom stereocenters. The molecule has 0 aliphatic heterocycles. The second-order valence-electron chi connectivity index (χ2n) is 2.38. The first kappa shape index (κ1) is 10.8. The van der Waals surface area contributed by atoms with E-state index in [1.54, 1.807) is 0 Å². The highest BCUT2D eigenvalue weighted by Crippen LogP contribution is 2.22. The van der Waals surface area contributed by atoms with E-state index in [-0.39, 0.29) is 10.6 Å². The first-order chi connectivity index (χ1) is 6.56. The van der Waals surface area contributed by atoms with Crippen LogP contribution < -0.4 is 0 Å². The van der Waals surface area contributed by atoms with Gasteiger partial charge in [0, 0.05) is 5.56 Å². The Balaban J connectivity index is 3.20. The van der Waals surface area contributed by atoms with Crippen molar-refractivity contribution in [3.05, 3.63) is 33.8 Å². The van der Waals surface area contributed by atoms with Crippen LogP contribution in [0.3, 0.4) is 0 Å². The molecule has 0 saturated heterocycles. The fourth-order valence-electron chi connectivity index (χ4n) is 0.867. The Kier molecular flexibility index (Phi) is 3.33. The summed E-state index contributed by atoms with van der Waals surface area (Å²) >= 11 is 11.3. The van der Waals surface area contributed by atoms with Crippen molar-refractivity contribution in [3.63, 3.8) is 0 Å². The van der Waals surface area contributed by atoms with Crippen molar-refractivity contribution in [3.8, 4) is 0 Å². The highest BCUT2D eigenvalue weighted by atomic mass is 35.5. The number of benzene rings is 1. The van der Waals surface area contributed by atoms with Crippen molar-refractivity contribution in [1.29, 1.82) is 0 Å². The van der Waals surface area contributed by atoms with E-state index in [2.05, 4.69) is 5.16 Å². The average molecular weight is 234 g/mol. The van der Waals surface area contributed by atoms with E-state index in [0.717, 1.165) is 0 Å². The molecule has 0 radical (unpaired) electrons. The second kappa shape index (κ2) is 4.30. The molecular weight excluding hydrogens is 229 g/mol. The lowest BCUT2D eigenvalue weighted by molar-refractivity contribution is -0.129. The Morgan fingerprint density at radius 2 is 1.93 bits per heavy atom. The molecule has 1 aromatic rings. The van der Waals surface area contributed by atoms with Crippen LogP contribution >= 0.6 is 23.2 Å². The Morgan fingerprint density at radius 1 is 1.29 bits per heavy atom. The fraction of sp³-hybridized carbons (Fsp3) is 0. The van der Waals surface area contributed by atoms with Crippen molar-refractivity contribution >= 4 is 34.9 Å². The number of carboxylic acids is 1. The number of carbonyl (C=O) groups is 1. The first-order valence-corrected chi connectivity index (χ1v) is 4.22. The number of halogens is 2. The second-order valence-corrected chi connectivity index (χ2v) is 3.20. The monoisotopic (exact) mass is 233 g/mol. The lowest BCUT2D eigenvalue weighted by Gasteiger charge is -2.00. The van der Waals surface area contributed by atoms with Crippen LogP contribution in [0.15, 0.2) is 23.4 Å². The Hall–Kier alpha value is -1.26. The van der Waals surface area contributed by atoms with E-state index in [0.29, 0.717) is 5.02 Å². The molecule has 0 aliphatic carbocycles. The van der Waals surface area contributed by atoms with E-state index < -0.39 is 11.7 Å². The van der Waals surface area contributed by atoms with Gasteiger partial charge in [-0.2, -0.15) is 0 Å². The van der Waals surface area contributed by atoms with Crippen molar-refractivity contribution in [2.24, 2.45) is 5.16 Å². The number of nitrogens with zero attached hydrogens (tertiary/aromatic N) is 1. The molecular formula is C8H5Cl2NO3. The smallest absolute Gasteiger partial charge is 0.358 e. The summed E-state index contributed by atoms with van der Waals surface area (Å²) in [5.41, 5.74) is -0.294. The molecule has 0 aliphatic rings. The minimum absolute atomic E-state index is 0.189. The minimum atomic E-state index is -1.34. The summed E-state index contributed by atoms with van der Waals surface area (Å²) in [5.74, 6) is -1.34. The Labute approximate surface area is 89.4 Å². The topological polar surface area (TPSA) is 69.9 Å². The lowest BCUT2D eigenvalue weighted by atomic mass is 10.1. The number of aliphatic carboxylic acids is 1. The molecule has 0 saturated carbocycles. The molecule has 0 bridgehead atoms. The number of hydrogen-bond donors (Lipinski definition) is 2. The molecule has 1 rings (SSSR count). The van der Waals surface area contributed by atoms with Crippen molar-refractivity contribution in [2.75, 3.05) is 0 Å². The van der Waals surface area contributed by atoms with Gasteiger partial charge in [0.25, 0.3) is 0 Å². The van der Waals surface area contributed by atoms with Crippen LogP contribution in [-0.4, -0.2) is 22.0 Å². The molecule has 0 aromatic heterocycles. The first-order valence-electron chi connectivity index (χ1n) is 3.47. The van der Waals surface area contributed by atoms with E-state index >= 15 is 0 Å². The van der Waals surface area contributed by atoms with Crippen molar-refractivity contribution in [1.82, 2.24) is 0 Å². The highest BCUT2D eigenvalue weighted by Gasteiger charge is 2.14. The van der Waals surface area contributed by atoms with Crippen LogP contribution in [0.4, 0.5) is 0 Å². The molecule has 0 heterocycles. The summed E-state index contributed by atoms with van der Waals surface area (Å²) in [7, 11) is 0. The van der Waals surface area contributed by atoms with Gasteiger partial charge in [-0.1, -0.05) is 34.4 Å². The molecule has 0 unspecified atom stereocenters. The van der Waals surface area contributed by atoms with E-state index in [9.17, 15) is 4.79 Å². The molecule has 14 heavy (non-hydrogen) atoms. The maximum Gasteiger partial charge on any atom is 0.358 e. The van der Waals surface area contributed by atoms with Gasteiger partial charge in [-0.3, -0.25) is 0 Å². The van der Waals surface area contributed by atoms with Crippen molar-refractivity contribution < 1.29 is 15.1 Å². The van der Waals surface area contributed by atoms with Gasteiger partial charge in [-0.25, -0.2) is 4.79 Å². The molecule has 0 amide bonds. The zero-order valence-electron chi connectivity index (χ0n) is 6.74. The highest BCUT2D eigenvalue weighted by molar-refractivity contribution is 6.45. The lowest BCUT2D eigenvalue weighted by Crippen LogP contribution is -2.14. The third-order valence-corrected chi connectivity index (χ3v) is 2.23. The summed E-state index contributed by atoms with van der Waals surface area (Å²) in [4.78, 5) is 10.6. The summed E-state index contributed by atoms with van der Waals surface area (Å²) in [6.45, 7) is 0. The van der Waals surface area contributed by atoms with Gasteiger partial charge in [0.15, 0.2) is 5.71 Å². The zero-order valence-corrected chi connectivity index (χ0v) is 8.25. The van der Waals surface area contributed by atoms with E-state index in [1.165, 1.54) is 18.2 Å². The number of rotatable bonds is 2. The number of oxime groups is 1. The summed E-state index contributed by atoms with van der Waals surface area (Å²) in [6, 6.07) is 4.14. The molecule has 4 nitrogen and oxygen atoms in total. The van der Waals surface area contributed by atoms with Crippen molar-refractivity contribution in [2.45, 2.75) is 0 Å². The van der Waals surface area contributed by atoms with Crippen LogP contribution in [0.1, 0.15) is 5.56 Å². The van der Waals surface area contributed by atoms with Crippen LogP contribution in [0.2, 0.25) is 10.0 Å². The van der Waals surface area contributed by atoms with E-state index in [1.807, 2.05) is 0 Å². The zero-order chi connectivity index (χ0) is 10.7. The summed E-state index contributed by atoms with van der Waals surface area (Å²) in [5, 5.41) is 20.2. The molecule has 2 N–H and O–H groups in total. The van der Waals surface area contributed by atoms with Gasteiger partial charge in [-0.15, -0.1) is 0 Å². The third kappa shape index (κ3) is 2.16. The SMILES string of the molecule is O=C(O)C(=NO)c1ccc(Cl)c(Cl)c1. The predicted molar refractivity (Wildman–Crippen MR) is 52.4 cm³/mol. The van der Waals surface area contributed by atoms with Gasteiger partial charge in [0.2, 0.25) is 0 Å². The van der Waals surface area contributed by atoms with Gasteiger partial charge in [-0.05, 0) is 12.1 Å². The van der Waals surface area contributed by atoms with E-state index in [4.69, 9.17) is 33.5 Å². The van der Waals surface area contributed by atoms with Gasteiger partial charge >= 0.3 is 5.97 Å². The predicted octanol–water partition coefficient (Wildman–Crippen LogP) is 2.26. The number of carboxylic acid groups (broad SMARTS) is 1. The Morgan fingerprint density at radius 3 is 2.36 bits per heavy atom. The quantitative estimate of drug-likeness (QED) is 0.468. The summed E-state index contributed by atoms with van der Waals surface area (Å²) < 4.78 is 0. The summed E-state index contributed by atoms with van der Waals surface area (Å²) in [6.07, 6.45) is 0. The van der Waals surface area contributed by atoms with Crippen LogP contribution in [0.5, 0.6) is 0 Å². The standard InChI is InChI=1S/C8H5Cl2NO3/c9-5-2-1-4(3-6(5)10)7(11-14)8(12)13/h1-3,14H,(H,12,13). The van der Waals surface area contributed by atoms with Crippen LogP contribution in [0, 0.1) is 0 Å². The molecule has 6 heteroatoms. The average Bonchev–Trinajstić information content (AvgIpc) is 2.11. The maximum atomic E-state index is 10.6.